The Morgan fingerprint density at radius 3 is 2.10 bits per heavy atom. The van der Waals surface area contributed by atoms with E-state index in [1.165, 1.54) is 4.90 Å². The molecule has 2 heterocycles. The maximum atomic E-state index is 12.6. The molecule has 2 aromatic rings. The van der Waals surface area contributed by atoms with E-state index in [1.807, 2.05) is 32.9 Å². The number of nitrogens with zero attached hydrogens (tertiary/aromatic N) is 2. The molecule has 0 fully saturated rings. The number of β-amino-alcohol motifs (C(OH)–C–C–N with tert-alkyl or cyclic N) is 1. The van der Waals surface area contributed by atoms with Crippen molar-refractivity contribution in [1.82, 2.24) is 9.97 Å². The molecule has 0 saturated carbocycles. The van der Waals surface area contributed by atoms with Gasteiger partial charge in [-0.05, 0) is 44.0 Å². The van der Waals surface area contributed by atoms with Gasteiger partial charge in [-0.15, -0.1) is 0 Å². The molecule has 0 radical (unpaired) electrons. The molecule has 29 heavy (non-hydrogen) atoms. The second-order valence-corrected chi connectivity index (χ2v) is 7.19. The summed E-state index contributed by atoms with van der Waals surface area (Å²) >= 11 is 0. The van der Waals surface area contributed by atoms with Crippen LogP contribution < -0.4 is 21.0 Å². The number of aromatic nitrogens is 2. The van der Waals surface area contributed by atoms with Crippen LogP contribution in [0.4, 0.5) is 22.9 Å². The average molecular weight is 406 g/mol. The lowest BCUT2D eigenvalue weighted by Crippen LogP contribution is -2.47. The molecule has 1 aliphatic heterocycles. The van der Waals surface area contributed by atoms with Crippen LogP contribution in [0.25, 0.3) is 0 Å². The summed E-state index contributed by atoms with van der Waals surface area (Å²) in [5.41, 5.74) is 2.25. The number of aryl methyl sites for hydroxylation is 2. The molecule has 0 bridgehead atoms. The number of rotatable bonds is 6. The van der Waals surface area contributed by atoms with Gasteiger partial charge in [0.1, 0.15) is 29.8 Å². The first-order chi connectivity index (χ1) is 13.7. The lowest BCUT2D eigenvalue weighted by molar-refractivity contribution is -0.0726. The molecule has 0 amide bonds. The topological polar surface area (TPSA) is 153 Å². The highest BCUT2D eigenvalue weighted by molar-refractivity contribution is 5.91. The van der Waals surface area contributed by atoms with E-state index < -0.39 is 36.2 Å². The number of aliphatic hydroxyl groups is 4. The second kappa shape index (κ2) is 7.99. The zero-order valence-corrected chi connectivity index (χ0v) is 16.5. The van der Waals surface area contributed by atoms with Crippen molar-refractivity contribution in [3.8, 4) is 0 Å². The standard InChI is InChI=1S/C19H26N4O6/c1-4-22-11-5-9(2)10(3)6-12(11)23(7-13(25)16(27)14(26)8-24)17-15(22)18(28)21-19(29)20-17/h5-6,13-14,16,24-27H,4,7-8H2,1-3H3,(H2,20,21,28,29). The van der Waals surface area contributed by atoms with Gasteiger partial charge in [-0.25, -0.2) is 4.79 Å². The Balaban J connectivity index is 2.20. The summed E-state index contributed by atoms with van der Waals surface area (Å²) in [7, 11) is 0. The zero-order chi connectivity index (χ0) is 21.5. The van der Waals surface area contributed by atoms with Crippen molar-refractivity contribution in [3.05, 3.63) is 44.1 Å². The monoisotopic (exact) mass is 406 g/mol. The zero-order valence-electron chi connectivity index (χ0n) is 16.5. The molecule has 3 unspecified atom stereocenters. The van der Waals surface area contributed by atoms with Gasteiger partial charge >= 0.3 is 5.69 Å². The van der Waals surface area contributed by atoms with Crippen LogP contribution in [0.3, 0.4) is 0 Å². The first-order valence-electron chi connectivity index (χ1n) is 9.37. The van der Waals surface area contributed by atoms with Gasteiger partial charge in [0, 0.05) is 6.54 Å². The number of fused-ring (bicyclic) bond motifs is 2. The molecule has 10 heteroatoms. The van der Waals surface area contributed by atoms with Crippen molar-refractivity contribution in [1.29, 1.82) is 0 Å². The summed E-state index contributed by atoms with van der Waals surface area (Å²) in [6.45, 7) is 5.25. The van der Waals surface area contributed by atoms with Gasteiger partial charge in [-0.2, -0.15) is 0 Å². The second-order valence-electron chi connectivity index (χ2n) is 7.19. The molecule has 1 aromatic carbocycles. The fourth-order valence-electron chi connectivity index (χ4n) is 3.55. The van der Waals surface area contributed by atoms with E-state index in [9.17, 15) is 24.9 Å². The van der Waals surface area contributed by atoms with Crippen LogP contribution >= 0.6 is 0 Å². The van der Waals surface area contributed by atoms with E-state index in [0.29, 0.717) is 17.9 Å². The van der Waals surface area contributed by atoms with Crippen LogP contribution in [0.2, 0.25) is 0 Å². The van der Waals surface area contributed by atoms with E-state index >= 15 is 0 Å². The number of hydrogen-bond acceptors (Lipinski definition) is 8. The third kappa shape index (κ3) is 3.67. The van der Waals surface area contributed by atoms with Crippen LogP contribution in [0.15, 0.2) is 21.7 Å². The largest absolute Gasteiger partial charge is 0.394 e. The quantitative estimate of drug-likeness (QED) is 0.371. The lowest BCUT2D eigenvalue weighted by Gasteiger charge is -2.40. The molecule has 1 aromatic heterocycles. The van der Waals surface area contributed by atoms with Crippen molar-refractivity contribution in [2.45, 2.75) is 39.1 Å². The van der Waals surface area contributed by atoms with Crippen LogP contribution in [0, 0.1) is 13.8 Å². The first-order valence-corrected chi connectivity index (χ1v) is 9.37. The van der Waals surface area contributed by atoms with Gasteiger partial charge in [0.05, 0.1) is 24.5 Å². The SMILES string of the molecule is CCN1c2cc(C)c(C)cc2N(CC(O)C(O)C(O)CO)c2[nH]c(=O)[nH]c(=O)c21. The van der Waals surface area contributed by atoms with Gasteiger partial charge in [-0.3, -0.25) is 14.8 Å². The summed E-state index contributed by atoms with van der Waals surface area (Å²) in [5, 5.41) is 39.2. The summed E-state index contributed by atoms with van der Waals surface area (Å²) in [5.74, 6) is 0.182. The van der Waals surface area contributed by atoms with E-state index in [4.69, 9.17) is 5.11 Å². The maximum absolute atomic E-state index is 12.6. The van der Waals surface area contributed by atoms with Gasteiger partial charge < -0.3 is 30.2 Å². The average Bonchev–Trinajstić information content (AvgIpc) is 2.68. The summed E-state index contributed by atoms with van der Waals surface area (Å²) in [4.78, 5) is 32.7. The van der Waals surface area contributed by atoms with Crippen molar-refractivity contribution in [3.63, 3.8) is 0 Å². The normalized spacial score (nSPS) is 16.2. The van der Waals surface area contributed by atoms with Crippen LogP contribution in [-0.4, -0.2) is 68.4 Å². The summed E-state index contributed by atoms with van der Waals surface area (Å²) < 4.78 is 0. The Bertz CT molecular complexity index is 1020. The van der Waals surface area contributed by atoms with Gasteiger partial charge in [0.15, 0.2) is 0 Å². The third-order valence-electron chi connectivity index (χ3n) is 5.27. The van der Waals surface area contributed by atoms with Gasteiger partial charge in [0.25, 0.3) is 5.56 Å². The summed E-state index contributed by atoms with van der Waals surface area (Å²) in [6.07, 6.45) is -4.61. The van der Waals surface area contributed by atoms with Crippen molar-refractivity contribution in [2.24, 2.45) is 0 Å². The highest BCUT2D eigenvalue weighted by Gasteiger charge is 2.35. The Morgan fingerprint density at radius 2 is 1.55 bits per heavy atom. The smallest absolute Gasteiger partial charge is 0.327 e. The molecule has 10 nitrogen and oxygen atoms in total. The molecule has 1 aliphatic rings. The molecule has 6 N–H and O–H groups in total. The van der Waals surface area contributed by atoms with Gasteiger partial charge in [0.2, 0.25) is 0 Å². The van der Waals surface area contributed by atoms with E-state index in [1.54, 1.807) is 4.90 Å². The highest BCUT2D eigenvalue weighted by atomic mass is 16.4. The molecule has 3 atom stereocenters. The molecular formula is C19H26N4O6. The maximum Gasteiger partial charge on any atom is 0.327 e. The molecule has 158 valence electrons. The van der Waals surface area contributed by atoms with Crippen LogP contribution in [0.5, 0.6) is 0 Å². The molecular weight excluding hydrogens is 380 g/mol. The van der Waals surface area contributed by atoms with Crippen molar-refractivity contribution in [2.75, 3.05) is 29.5 Å². The molecule has 0 aliphatic carbocycles. The minimum atomic E-state index is -1.61. The van der Waals surface area contributed by atoms with E-state index in [-0.39, 0.29) is 18.1 Å². The first kappa shape index (κ1) is 21.1. The fourth-order valence-corrected chi connectivity index (χ4v) is 3.55. The number of aromatic amines is 2. The minimum absolute atomic E-state index is 0.182. The molecule has 0 saturated heterocycles. The fraction of sp³-hybridized carbons (Fsp3) is 0.474. The number of H-pyrrole nitrogens is 2. The predicted octanol–water partition coefficient (Wildman–Crippen LogP) is -0.635. The minimum Gasteiger partial charge on any atom is -0.394 e. The highest BCUT2D eigenvalue weighted by Crippen LogP contribution is 2.45. The van der Waals surface area contributed by atoms with Crippen molar-refractivity contribution >= 4 is 22.9 Å². The van der Waals surface area contributed by atoms with Crippen LogP contribution in [-0.2, 0) is 0 Å². The third-order valence-corrected chi connectivity index (χ3v) is 5.27. The number of nitrogens with one attached hydrogen (secondary N) is 2. The Hall–Kier alpha value is -2.66. The van der Waals surface area contributed by atoms with Crippen LogP contribution in [0.1, 0.15) is 18.1 Å². The number of hydrogen-bond donors (Lipinski definition) is 6. The van der Waals surface area contributed by atoms with E-state index in [0.717, 1.165) is 11.1 Å². The number of anilines is 4. The summed E-state index contributed by atoms with van der Waals surface area (Å²) in [6, 6.07) is 3.79. The van der Waals surface area contributed by atoms with Gasteiger partial charge in [-0.1, -0.05) is 0 Å². The number of aliphatic hydroxyl groups excluding tert-OH is 4. The molecule has 0 spiro atoms. The Labute approximate surface area is 166 Å². The Kier molecular flexibility index (Phi) is 5.80. The molecule has 3 rings (SSSR count). The number of benzene rings is 1. The Morgan fingerprint density at radius 1 is 0.966 bits per heavy atom. The lowest BCUT2D eigenvalue weighted by atomic mass is 10.0. The van der Waals surface area contributed by atoms with E-state index in [2.05, 4.69) is 9.97 Å². The van der Waals surface area contributed by atoms with Crippen molar-refractivity contribution < 1.29 is 20.4 Å². The predicted molar refractivity (Wildman–Crippen MR) is 108 cm³/mol.